The molecule has 19 heavy (non-hydrogen) atoms. The molecule has 102 valence electrons. The van der Waals surface area contributed by atoms with Gasteiger partial charge in [0.1, 0.15) is 5.82 Å². The summed E-state index contributed by atoms with van der Waals surface area (Å²) in [6, 6.07) is 4.65. The Balaban J connectivity index is 2.13. The second-order valence-electron chi connectivity index (χ2n) is 4.16. The number of aromatic nitrogens is 3. The van der Waals surface area contributed by atoms with Crippen molar-refractivity contribution in [1.29, 1.82) is 0 Å². The first-order valence-corrected chi connectivity index (χ1v) is 6.30. The summed E-state index contributed by atoms with van der Waals surface area (Å²) < 4.78 is 15.4. The lowest BCUT2D eigenvalue weighted by Crippen LogP contribution is -2.21. The number of benzene rings is 1. The Morgan fingerprint density at radius 3 is 2.89 bits per heavy atom. The normalized spacial score (nSPS) is 12.4. The Morgan fingerprint density at radius 1 is 1.53 bits per heavy atom. The van der Waals surface area contributed by atoms with Gasteiger partial charge in [-0.2, -0.15) is 0 Å². The van der Waals surface area contributed by atoms with Gasteiger partial charge in [0.2, 0.25) is 0 Å². The van der Waals surface area contributed by atoms with Crippen LogP contribution in [0.3, 0.4) is 0 Å². The van der Waals surface area contributed by atoms with E-state index in [-0.39, 0.29) is 12.4 Å². The van der Waals surface area contributed by atoms with Crippen molar-refractivity contribution in [3.8, 4) is 5.69 Å². The first-order chi connectivity index (χ1) is 9.10. The van der Waals surface area contributed by atoms with Gasteiger partial charge in [0.05, 0.1) is 35.2 Å². The van der Waals surface area contributed by atoms with Gasteiger partial charge in [0.25, 0.3) is 0 Å². The monoisotopic (exact) mass is 284 g/mol. The Labute approximate surface area is 115 Å². The average molecular weight is 285 g/mol. The maximum atomic E-state index is 13.9. The number of hydrogen-bond donors (Lipinski definition) is 2. The molecular formula is C12H14ClFN4O. The summed E-state index contributed by atoms with van der Waals surface area (Å²) in [5.74, 6) is -0.322. The predicted octanol–water partition coefficient (Wildman–Crippen LogP) is 1.73. The summed E-state index contributed by atoms with van der Waals surface area (Å²) in [5, 5.41) is 19.8. The molecule has 0 saturated heterocycles. The van der Waals surface area contributed by atoms with Gasteiger partial charge in [-0.3, -0.25) is 0 Å². The van der Waals surface area contributed by atoms with Crippen LogP contribution in [0.5, 0.6) is 0 Å². The zero-order chi connectivity index (χ0) is 13.8. The third-order valence-corrected chi connectivity index (χ3v) is 2.89. The van der Waals surface area contributed by atoms with Crippen molar-refractivity contribution in [2.24, 2.45) is 0 Å². The molecule has 2 N–H and O–H groups in total. The highest BCUT2D eigenvalue weighted by Crippen LogP contribution is 2.18. The average Bonchev–Trinajstić information content (AvgIpc) is 2.83. The van der Waals surface area contributed by atoms with Gasteiger partial charge in [0.15, 0.2) is 0 Å². The molecule has 2 rings (SSSR count). The predicted molar refractivity (Wildman–Crippen MR) is 71.3 cm³/mol. The van der Waals surface area contributed by atoms with Crippen LogP contribution in [0.4, 0.5) is 10.1 Å². The van der Waals surface area contributed by atoms with Crippen LogP contribution in [0.15, 0.2) is 24.4 Å². The number of rotatable bonds is 5. The number of anilines is 1. The van der Waals surface area contributed by atoms with Crippen LogP contribution in [0.1, 0.15) is 5.69 Å². The lowest BCUT2D eigenvalue weighted by atomic mass is 10.2. The molecule has 0 spiro atoms. The number of aliphatic hydroxyl groups excluding tert-OH is 1. The molecule has 2 aromatic rings. The van der Waals surface area contributed by atoms with Crippen molar-refractivity contribution >= 4 is 17.3 Å². The third kappa shape index (κ3) is 3.42. The van der Waals surface area contributed by atoms with Crippen LogP contribution < -0.4 is 5.32 Å². The van der Waals surface area contributed by atoms with E-state index in [2.05, 4.69) is 15.6 Å². The van der Waals surface area contributed by atoms with Crippen LogP contribution in [0.2, 0.25) is 0 Å². The fraction of sp³-hybridized carbons (Fsp3) is 0.333. The Hall–Kier alpha value is -1.66. The lowest BCUT2D eigenvalue weighted by molar-refractivity contribution is 0.211. The maximum Gasteiger partial charge on any atom is 0.148 e. The molecule has 0 fully saturated rings. The van der Waals surface area contributed by atoms with Crippen LogP contribution in [-0.2, 0) is 0 Å². The Kier molecular flexibility index (Phi) is 4.34. The highest BCUT2D eigenvalue weighted by atomic mass is 35.5. The molecule has 0 aliphatic heterocycles. The van der Waals surface area contributed by atoms with Crippen LogP contribution in [0, 0.1) is 12.7 Å². The van der Waals surface area contributed by atoms with Crippen molar-refractivity contribution in [3.05, 3.63) is 35.9 Å². The smallest absolute Gasteiger partial charge is 0.148 e. The van der Waals surface area contributed by atoms with Crippen molar-refractivity contribution in [1.82, 2.24) is 15.0 Å². The molecule has 1 aromatic heterocycles. The molecule has 1 aromatic carbocycles. The summed E-state index contributed by atoms with van der Waals surface area (Å²) >= 11 is 5.46. The van der Waals surface area contributed by atoms with Crippen LogP contribution >= 0.6 is 11.6 Å². The largest absolute Gasteiger partial charge is 0.390 e. The molecule has 0 saturated carbocycles. The molecule has 0 amide bonds. The van der Waals surface area contributed by atoms with E-state index in [0.29, 0.717) is 11.4 Å². The van der Waals surface area contributed by atoms with Crippen molar-refractivity contribution < 1.29 is 9.50 Å². The number of halogens is 2. The van der Waals surface area contributed by atoms with E-state index in [0.717, 1.165) is 5.69 Å². The highest BCUT2D eigenvalue weighted by Gasteiger charge is 2.08. The molecule has 7 heteroatoms. The molecule has 0 bridgehead atoms. The Bertz CT molecular complexity index is 560. The zero-order valence-corrected chi connectivity index (χ0v) is 11.1. The van der Waals surface area contributed by atoms with E-state index in [4.69, 9.17) is 11.6 Å². The zero-order valence-electron chi connectivity index (χ0n) is 10.3. The topological polar surface area (TPSA) is 63.0 Å². The molecule has 1 unspecified atom stereocenters. The van der Waals surface area contributed by atoms with Gasteiger partial charge in [-0.1, -0.05) is 5.21 Å². The molecule has 1 heterocycles. The number of nitrogens with zero attached hydrogens (tertiary/aromatic N) is 3. The molecule has 0 aliphatic carbocycles. The van der Waals surface area contributed by atoms with E-state index in [9.17, 15) is 9.50 Å². The minimum absolute atomic E-state index is 0.102. The molecular weight excluding hydrogens is 271 g/mol. The van der Waals surface area contributed by atoms with E-state index >= 15 is 0 Å². The van der Waals surface area contributed by atoms with Crippen molar-refractivity contribution in [2.45, 2.75) is 13.0 Å². The molecule has 0 radical (unpaired) electrons. The van der Waals surface area contributed by atoms with E-state index in [1.54, 1.807) is 18.3 Å². The maximum absolute atomic E-state index is 13.9. The van der Waals surface area contributed by atoms with Crippen molar-refractivity contribution in [2.75, 3.05) is 17.7 Å². The van der Waals surface area contributed by atoms with E-state index in [1.165, 1.54) is 10.7 Å². The summed E-state index contributed by atoms with van der Waals surface area (Å²) in [5.41, 5.74) is 1.65. The summed E-state index contributed by atoms with van der Waals surface area (Å²) in [4.78, 5) is 0. The number of aryl methyl sites for hydroxylation is 1. The number of hydrogen-bond acceptors (Lipinski definition) is 4. The SMILES string of the molecule is Cc1cn(-c2ccc(NCC(O)CCl)c(F)c2)nn1. The first kappa shape index (κ1) is 13.8. The number of alkyl halides is 1. The summed E-state index contributed by atoms with van der Waals surface area (Å²) in [6.07, 6.45) is 0.998. The second kappa shape index (κ2) is 5.99. The van der Waals surface area contributed by atoms with Gasteiger partial charge in [0, 0.05) is 12.6 Å². The van der Waals surface area contributed by atoms with E-state index < -0.39 is 11.9 Å². The van der Waals surface area contributed by atoms with Gasteiger partial charge < -0.3 is 10.4 Å². The third-order valence-electron chi connectivity index (χ3n) is 2.53. The van der Waals surface area contributed by atoms with Gasteiger partial charge in [-0.15, -0.1) is 16.7 Å². The van der Waals surface area contributed by atoms with Crippen molar-refractivity contribution in [3.63, 3.8) is 0 Å². The van der Waals surface area contributed by atoms with Gasteiger partial charge in [-0.25, -0.2) is 9.07 Å². The highest BCUT2D eigenvalue weighted by molar-refractivity contribution is 6.18. The first-order valence-electron chi connectivity index (χ1n) is 5.77. The van der Waals surface area contributed by atoms with Gasteiger partial charge >= 0.3 is 0 Å². The molecule has 1 atom stereocenters. The summed E-state index contributed by atoms with van der Waals surface area (Å²) in [7, 11) is 0. The van der Waals surface area contributed by atoms with Gasteiger partial charge in [-0.05, 0) is 19.1 Å². The summed E-state index contributed by atoms with van der Waals surface area (Å²) in [6.45, 7) is 2.01. The number of aliphatic hydroxyl groups is 1. The fourth-order valence-corrected chi connectivity index (χ4v) is 1.65. The minimum Gasteiger partial charge on any atom is -0.390 e. The number of nitrogens with one attached hydrogen (secondary N) is 1. The minimum atomic E-state index is -0.710. The standard InChI is InChI=1S/C12H14ClFN4O/c1-8-7-18(17-16-8)9-2-3-12(11(14)4-9)15-6-10(19)5-13/h2-4,7,10,15,19H,5-6H2,1H3. The quantitative estimate of drug-likeness (QED) is 0.821. The van der Waals surface area contributed by atoms with Crippen LogP contribution in [-0.4, -0.2) is 38.6 Å². The fourth-order valence-electron chi connectivity index (χ4n) is 1.55. The van der Waals surface area contributed by atoms with E-state index in [1.807, 2.05) is 6.92 Å². The lowest BCUT2D eigenvalue weighted by Gasteiger charge is -2.11. The second-order valence-corrected chi connectivity index (χ2v) is 4.47. The Morgan fingerprint density at radius 2 is 2.32 bits per heavy atom. The van der Waals surface area contributed by atoms with Crippen LogP contribution in [0.25, 0.3) is 5.69 Å². The molecule has 5 nitrogen and oxygen atoms in total. The molecule has 0 aliphatic rings.